The summed E-state index contributed by atoms with van der Waals surface area (Å²) in [5, 5.41) is 19.8. The summed E-state index contributed by atoms with van der Waals surface area (Å²) in [5.41, 5.74) is 1.01. The van der Waals surface area contributed by atoms with Gasteiger partial charge in [0.25, 0.3) is 5.22 Å². The van der Waals surface area contributed by atoms with Gasteiger partial charge in [-0.3, -0.25) is 4.79 Å². The molecule has 0 spiro atoms. The van der Waals surface area contributed by atoms with E-state index in [0.717, 1.165) is 5.75 Å². The standard InChI is InChI=1S/C14H14N4O2S/c1-10-17-18-14(20-10)21-8-4-7-13(19)16-12-6-3-2-5-11(12)9-15/h2-3,5-6H,4,7-8H2,1H3,(H,16,19). The molecule has 0 aliphatic heterocycles. The topological polar surface area (TPSA) is 91.8 Å². The van der Waals surface area contributed by atoms with Gasteiger partial charge in [0.2, 0.25) is 11.8 Å². The molecule has 0 fully saturated rings. The van der Waals surface area contributed by atoms with Gasteiger partial charge in [0, 0.05) is 19.1 Å². The Balaban J connectivity index is 1.74. The molecule has 0 aliphatic rings. The van der Waals surface area contributed by atoms with Crippen molar-refractivity contribution in [3.8, 4) is 6.07 Å². The molecule has 21 heavy (non-hydrogen) atoms. The number of benzene rings is 1. The Morgan fingerprint density at radius 3 is 2.95 bits per heavy atom. The average molecular weight is 302 g/mol. The number of hydrogen-bond donors (Lipinski definition) is 1. The number of nitrogens with one attached hydrogen (secondary N) is 1. The molecule has 1 aromatic heterocycles. The Labute approximate surface area is 126 Å². The molecule has 1 amide bonds. The monoisotopic (exact) mass is 302 g/mol. The van der Waals surface area contributed by atoms with Gasteiger partial charge in [0.15, 0.2) is 0 Å². The zero-order valence-electron chi connectivity index (χ0n) is 11.5. The van der Waals surface area contributed by atoms with Gasteiger partial charge < -0.3 is 9.73 Å². The van der Waals surface area contributed by atoms with Crippen molar-refractivity contribution in [1.29, 1.82) is 5.26 Å². The number of rotatable bonds is 6. The highest BCUT2D eigenvalue weighted by atomic mass is 32.2. The fraction of sp³-hybridized carbons (Fsp3) is 0.286. The van der Waals surface area contributed by atoms with E-state index in [2.05, 4.69) is 15.5 Å². The summed E-state index contributed by atoms with van der Waals surface area (Å²) in [6.45, 7) is 1.73. The third kappa shape index (κ3) is 4.61. The van der Waals surface area contributed by atoms with Crippen molar-refractivity contribution in [2.75, 3.05) is 11.1 Å². The fourth-order valence-corrected chi connectivity index (χ4v) is 2.37. The molecule has 2 aromatic rings. The molecular formula is C14H14N4O2S. The molecule has 1 heterocycles. The van der Waals surface area contributed by atoms with Crippen molar-refractivity contribution >= 4 is 23.4 Å². The summed E-state index contributed by atoms with van der Waals surface area (Å²) in [7, 11) is 0. The maximum absolute atomic E-state index is 11.8. The molecule has 0 atom stereocenters. The molecule has 1 aromatic carbocycles. The second-order valence-corrected chi connectivity index (χ2v) is 5.29. The van der Waals surface area contributed by atoms with Gasteiger partial charge in [-0.25, -0.2) is 0 Å². The predicted molar refractivity (Wildman–Crippen MR) is 78.8 cm³/mol. The Hall–Kier alpha value is -2.33. The third-order valence-corrected chi connectivity index (χ3v) is 3.51. The summed E-state index contributed by atoms with van der Waals surface area (Å²) in [4.78, 5) is 11.8. The number of anilines is 1. The van der Waals surface area contributed by atoms with Crippen LogP contribution in [-0.4, -0.2) is 21.9 Å². The van der Waals surface area contributed by atoms with Crippen LogP contribution in [-0.2, 0) is 4.79 Å². The minimum absolute atomic E-state index is 0.111. The largest absolute Gasteiger partial charge is 0.416 e. The second kappa shape index (κ2) is 7.45. The Morgan fingerprint density at radius 1 is 1.43 bits per heavy atom. The highest BCUT2D eigenvalue weighted by molar-refractivity contribution is 7.99. The minimum atomic E-state index is -0.111. The van der Waals surface area contributed by atoms with Crippen LogP contribution in [0.25, 0.3) is 0 Å². The maximum Gasteiger partial charge on any atom is 0.276 e. The van der Waals surface area contributed by atoms with Crippen LogP contribution in [0.2, 0.25) is 0 Å². The van der Waals surface area contributed by atoms with E-state index in [-0.39, 0.29) is 5.91 Å². The molecule has 108 valence electrons. The van der Waals surface area contributed by atoms with Crippen LogP contribution >= 0.6 is 11.8 Å². The van der Waals surface area contributed by atoms with Crippen LogP contribution in [0, 0.1) is 18.3 Å². The summed E-state index contributed by atoms with van der Waals surface area (Å²) in [6.07, 6.45) is 1.06. The first kappa shape index (κ1) is 15.1. The van der Waals surface area contributed by atoms with E-state index in [4.69, 9.17) is 9.68 Å². The van der Waals surface area contributed by atoms with Crippen LogP contribution in [0.3, 0.4) is 0 Å². The van der Waals surface area contributed by atoms with Crippen LogP contribution in [0.4, 0.5) is 5.69 Å². The van der Waals surface area contributed by atoms with E-state index in [1.165, 1.54) is 11.8 Å². The number of thioether (sulfide) groups is 1. The van der Waals surface area contributed by atoms with E-state index in [1.807, 2.05) is 6.07 Å². The molecule has 0 radical (unpaired) electrons. The van der Waals surface area contributed by atoms with E-state index in [9.17, 15) is 4.79 Å². The van der Waals surface area contributed by atoms with Crippen LogP contribution in [0.5, 0.6) is 0 Å². The molecule has 0 aliphatic carbocycles. The number of para-hydroxylation sites is 1. The zero-order valence-corrected chi connectivity index (χ0v) is 12.3. The van der Waals surface area contributed by atoms with Crippen LogP contribution < -0.4 is 5.32 Å². The van der Waals surface area contributed by atoms with Crippen LogP contribution in [0.15, 0.2) is 33.9 Å². The zero-order chi connectivity index (χ0) is 15.1. The quantitative estimate of drug-likeness (QED) is 0.651. The van der Waals surface area contributed by atoms with Gasteiger partial charge >= 0.3 is 0 Å². The first-order valence-electron chi connectivity index (χ1n) is 6.41. The lowest BCUT2D eigenvalue weighted by Crippen LogP contribution is -2.12. The van der Waals surface area contributed by atoms with Crippen molar-refractivity contribution < 1.29 is 9.21 Å². The first-order chi connectivity index (χ1) is 10.2. The second-order valence-electron chi connectivity index (χ2n) is 4.24. The normalized spacial score (nSPS) is 10.1. The molecule has 1 N–H and O–H groups in total. The lowest BCUT2D eigenvalue weighted by Gasteiger charge is -2.06. The molecule has 0 saturated heterocycles. The van der Waals surface area contributed by atoms with Crippen LogP contribution in [0.1, 0.15) is 24.3 Å². The number of aromatic nitrogens is 2. The van der Waals surface area contributed by atoms with Gasteiger partial charge in [-0.2, -0.15) is 5.26 Å². The molecule has 6 nitrogen and oxygen atoms in total. The van der Waals surface area contributed by atoms with Crippen molar-refractivity contribution in [1.82, 2.24) is 10.2 Å². The third-order valence-electron chi connectivity index (χ3n) is 2.60. The van der Waals surface area contributed by atoms with E-state index < -0.39 is 0 Å². The Morgan fingerprint density at radius 2 is 2.24 bits per heavy atom. The molecular weight excluding hydrogens is 288 g/mol. The molecule has 2 rings (SSSR count). The Bertz CT molecular complexity index is 663. The van der Waals surface area contributed by atoms with E-state index >= 15 is 0 Å². The maximum atomic E-state index is 11.8. The summed E-state index contributed by atoms with van der Waals surface area (Å²) in [5.74, 6) is 1.14. The highest BCUT2D eigenvalue weighted by Crippen LogP contribution is 2.18. The lowest BCUT2D eigenvalue weighted by atomic mass is 10.2. The summed E-state index contributed by atoms with van der Waals surface area (Å²) in [6, 6.07) is 8.97. The average Bonchev–Trinajstić information content (AvgIpc) is 2.90. The molecule has 7 heteroatoms. The number of nitrogens with zero attached hydrogens (tertiary/aromatic N) is 3. The lowest BCUT2D eigenvalue weighted by molar-refractivity contribution is -0.116. The number of carbonyl (C=O) groups is 1. The number of amides is 1. The van der Waals surface area contributed by atoms with Crippen molar-refractivity contribution in [3.05, 3.63) is 35.7 Å². The fourth-order valence-electron chi connectivity index (χ4n) is 1.63. The SMILES string of the molecule is Cc1nnc(SCCCC(=O)Nc2ccccc2C#N)o1. The van der Waals surface area contributed by atoms with Gasteiger partial charge in [-0.05, 0) is 18.6 Å². The van der Waals surface area contributed by atoms with Gasteiger partial charge in [-0.15, -0.1) is 10.2 Å². The highest BCUT2D eigenvalue weighted by Gasteiger charge is 2.07. The Kier molecular flexibility index (Phi) is 5.35. The summed E-state index contributed by atoms with van der Waals surface area (Å²) < 4.78 is 5.22. The van der Waals surface area contributed by atoms with Crippen molar-refractivity contribution in [3.63, 3.8) is 0 Å². The minimum Gasteiger partial charge on any atom is -0.416 e. The van der Waals surface area contributed by atoms with Gasteiger partial charge in [0.1, 0.15) is 6.07 Å². The van der Waals surface area contributed by atoms with E-state index in [0.29, 0.717) is 35.2 Å². The molecule has 0 unspecified atom stereocenters. The number of carbonyl (C=O) groups excluding carboxylic acids is 1. The first-order valence-corrected chi connectivity index (χ1v) is 7.39. The van der Waals surface area contributed by atoms with Gasteiger partial charge in [-0.1, -0.05) is 23.9 Å². The number of nitriles is 1. The van der Waals surface area contributed by atoms with E-state index in [1.54, 1.807) is 31.2 Å². The smallest absolute Gasteiger partial charge is 0.276 e. The molecule has 0 bridgehead atoms. The molecule has 0 saturated carbocycles. The van der Waals surface area contributed by atoms with Crippen molar-refractivity contribution in [2.24, 2.45) is 0 Å². The number of aryl methyl sites for hydroxylation is 1. The van der Waals surface area contributed by atoms with Crippen molar-refractivity contribution in [2.45, 2.75) is 25.0 Å². The summed E-state index contributed by atoms with van der Waals surface area (Å²) >= 11 is 1.42. The predicted octanol–water partition coefficient (Wildman–Crippen LogP) is 2.76. The van der Waals surface area contributed by atoms with Gasteiger partial charge in [0.05, 0.1) is 11.3 Å². The number of hydrogen-bond acceptors (Lipinski definition) is 6.